The first-order valence-corrected chi connectivity index (χ1v) is 6.78. The molecule has 3 rings (SSSR count). The Labute approximate surface area is 110 Å². The van der Waals surface area contributed by atoms with Crippen molar-refractivity contribution in [1.29, 1.82) is 0 Å². The van der Waals surface area contributed by atoms with Gasteiger partial charge in [0.2, 0.25) is 5.13 Å². The maximum Gasteiger partial charge on any atom is 0.203 e. The SMILES string of the molecule is C[C@]1(Nc2nc(-c3ccccc3)ns2)CCOC1. The molecule has 0 aliphatic carbocycles. The van der Waals surface area contributed by atoms with E-state index in [1.165, 1.54) is 11.5 Å². The molecule has 1 aromatic heterocycles. The lowest BCUT2D eigenvalue weighted by atomic mass is 10.0. The predicted octanol–water partition coefficient (Wildman–Crippen LogP) is 2.80. The number of aromatic nitrogens is 2. The van der Waals surface area contributed by atoms with E-state index in [-0.39, 0.29) is 5.54 Å². The van der Waals surface area contributed by atoms with Crippen LogP contribution in [-0.2, 0) is 4.74 Å². The van der Waals surface area contributed by atoms with Crippen LogP contribution in [0.3, 0.4) is 0 Å². The van der Waals surface area contributed by atoms with Gasteiger partial charge in [0.05, 0.1) is 12.1 Å². The number of rotatable bonds is 3. The van der Waals surface area contributed by atoms with Gasteiger partial charge in [-0.2, -0.15) is 9.36 Å². The van der Waals surface area contributed by atoms with E-state index in [0.29, 0.717) is 0 Å². The van der Waals surface area contributed by atoms with Crippen molar-refractivity contribution in [2.45, 2.75) is 18.9 Å². The molecule has 1 atom stereocenters. The Hall–Kier alpha value is -1.46. The Kier molecular flexibility index (Phi) is 3.01. The molecule has 1 aromatic carbocycles. The van der Waals surface area contributed by atoms with Crippen molar-refractivity contribution >= 4 is 16.7 Å². The Morgan fingerprint density at radius 2 is 2.17 bits per heavy atom. The molecule has 4 nitrogen and oxygen atoms in total. The highest BCUT2D eigenvalue weighted by Crippen LogP contribution is 2.27. The first-order valence-electron chi connectivity index (χ1n) is 6.00. The van der Waals surface area contributed by atoms with Crippen LogP contribution in [0.2, 0.25) is 0 Å². The molecule has 0 saturated carbocycles. The molecule has 1 N–H and O–H groups in total. The average molecular weight is 261 g/mol. The van der Waals surface area contributed by atoms with Crippen molar-refractivity contribution in [2.24, 2.45) is 0 Å². The molecule has 0 unspecified atom stereocenters. The number of nitrogens with zero attached hydrogens (tertiary/aromatic N) is 2. The molecule has 0 bridgehead atoms. The van der Waals surface area contributed by atoms with E-state index < -0.39 is 0 Å². The van der Waals surface area contributed by atoms with E-state index in [2.05, 4.69) is 21.6 Å². The van der Waals surface area contributed by atoms with E-state index in [9.17, 15) is 0 Å². The van der Waals surface area contributed by atoms with Gasteiger partial charge in [-0.05, 0) is 13.3 Å². The van der Waals surface area contributed by atoms with Crippen molar-refractivity contribution in [3.63, 3.8) is 0 Å². The summed E-state index contributed by atoms with van der Waals surface area (Å²) >= 11 is 1.40. The standard InChI is InChI=1S/C13H15N3OS/c1-13(7-8-17-9-13)15-12-14-11(16-18-12)10-5-3-2-4-6-10/h2-6H,7-9H2,1H3,(H,14,15,16)/t13-/m0/s1. The van der Waals surface area contributed by atoms with Crippen LogP contribution in [0.15, 0.2) is 30.3 Å². The Morgan fingerprint density at radius 3 is 2.89 bits per heavy atom. The first kappa shape index (κ1) is 11.6. The minimum Gasteiger partial charge on any atom is -0.379 e. The molecule has 1 fully saturated rings. The zero-order valence-corrected chi connectivity index (χ0v) is 11.0. The van der Waals surface area contributed by atoms with Crippen LogP contribution in [-0.4, -0.2) is 28.1 Å². The van der Waals surface area contributed by atoms with Crippen molar-refractivity contribution in [1.82, 2.24) is 9.36 Å². The predicted molar refractivity (Wildman–Crippen MR) is 72.8 cm³/mol. The normalized spacial score (nSPS) is 23.2. The molecule has 1 saturated heterocycles. The Balaban J connectivity index is 1.78. The minimum atomic E-state index is -0.00646. The molecule has 94 valence electrons. The number of ether oxygens (including phenoxy) is 1. The molecule has 1 aliphatic rings. The molecule has 0 amide bonds. The van der Waals surface area contributed by atoms with Crippen LogP contribution in [0.4, 0.5) is 5.13 Å². The van der Waals surface area contributed by atoms with E-state index in [4.69, 9.17) is 4.74 Å². The molecule has 2 heterocycles. The summed E-state index contributed by atoms with van der Waals surface area (Å²) in [6.45, 7) is 3.70. The fourth-order valence-corrected chi connectivity index (χ4v) is 2.74. The van der Waals surface area contributed by atoms with Gasteiger partial charge in [-0.3, -0.25) is 0 Å². The van der Waals surface area contributed by atoms with Crippen LogP contribution in [0.1, 0.15) is 13.3 Å². The summed E-state index contributed by atoms with van der Waals surface area (Å²) in [5.74, 6) is 0.783. The van der Waals surface area contributed by atoms with E-state index in [1.807, 2.05) is 30.3 Å². The molecular formula is C13H15N3OS. The van der Waals surface area contributed by atoms with Gasteiger partial charge >= 0.3 is 0 Å². The van der Waals surface area contributed by atoms with Crippen molar-refractivity contribution in [2.75, 3.05) is 18.5 Å². The lowest BCUT2D eigenvalue weighted by molar-refractivity contribution is 0.185. The van der Waals surface area contributed by atoms with Crippen molar-refractivity contribution < 1.29 is 4.74 Å². The van der Waals surface area contributed by atoms with Gasteiger partial charge in [-0.15, -0.1) is 0 Å². The van der Waals surface area contributed by atoms with Gasteiger partial charge in [0.1, 0.15) is 0 Å². The molecule has 18 heavy (non-hydrogen) atoms. The fourth-order valence-electron chi connectivity index (χ4n) is 2.00. The van der Waals surface area contributed by atoms with Gasteiger partial charge < -0.3 is 10.1 Å². The number of anilines is 1. The number of nitrogens with one attached hydrogen (secondary N) is 1. The van der Waals surface area contributed by atoms with Gasteiger partial charge in [0.25, 0.3) is 0 Å². The third-order valence-corrected chi connectivity index (χ3v) is 3.72. The second-order valence-corrected chi connectivity index (χ2v) is 5.53. The van der Waals surface area contributed by atoms with Crippen LogP contribution in [0.5, 0.6) is 0 Å². The summed E-state index contributed by atoms with van der Waals surface area (Å²) in [6.07, 6.45) is 1.01. The second kappa shape index (κ2) is 4.66. The topological polar surface area (TPSA) is 47.0 Å². The summed E-state index contributed by atoms with van der Waals surface area (Å²) in [4.78, 5) is 4.53. The molecular weight excluding hydrogens is 246 g/mol. The zero-order valence-electron chi connectivity index (χ0n) is 10.2. The van der Waals surface area contributed by atoms with Crippen molar-refractivity contribution in [3.8, 4) is 11.4 Å². The van der Waals surface area contributed by atoms with Gasteiger partial charge in [0, 0.05) is 23.7 Å². The highest BCUT2D eigenvalue weighted by atomic mass is 32.1. The largest absolute Gasteiger partial charge is 0.379 e. The highest BCUT2D eigenvalue weighted by molar-refractivity contribution is 7.09. The van der Waals surface area contributed by atoms with Crippen LogP contribution >= 0.6 is 11.5 Å². The zero-order chi connectivity index (χ0) is 12.4. The van der Waals surface area contributed by atoms with E-state index in [1.54, 1.807) is 0 Å². The third kappa shape index (κ3) is 2.37. The number of hydrogen-bond acceptors (Lipinski definition) is 5. The summed E-state index contributed by atoms with van der Waals surface area (Å²) < 4.78 is 9.80. The average Bonchev–Trinajstić information content (AvgIpc) is 3.00. The maximum absolute atomic E-state index is 5.42. The minimum absolute atomic E-state index is 0.00646. The first-order chi connectivity index (χ1) is 8.75. The Bertz CT molecular complexity index is 520. The fraction of sp³-hybridized carbons (Fsp3) is 0.385. The molecule has 5 heteroatoms. The molecule has 0 radical (unpaired) electrons. The Morgan fingerprint density at radius 1 is 1.33 bits per heavy atom. The van der Waals surface area contributed by atoms with Gasteiger partial charge in [-0.25, -0.2) is 0 Å². The maximum atomic E-state index is 5.42. The molecule has 2 aromatic rings. The second-order valence-electron chi connectivity index (χ2n) is 4.78. The smallest absolute Gasteiger partial charge is 0.203 e. The van der Waals surface area contributed by atoms with Gasteiger partial charge in [-0.1, -0.05) is 30.3 Å². The van der Waals surface area contributed by atoms with Gasteiger partial charge in [0.15, 0.2) is 5.82 Å². The monoisotopic (exact) mass is 261 g/mol. The molecule has 0 spiro atoms. The van der Waals surface area contributed by atoms with Crippen molar-refractivity contribution in [3.05, 3.63) is 30.3 Å². The summed E-state index contributed by atoms with van der Waals surface area (Å²) in [7, 11) is 0. The number of benzene rings is 1. The molecule has 1 aliphatic heterocycles. The third-order valence-electron chi connectivity index (χ3n) is 3.09. The lowest BCUT2D eigenvalue weighted by Gasteiger charge is -2.22. The summed E-state index contributed by atoms with van der Waals surface area (Å²) in [5.41, 5.74) is 1.04. The van der Waals surface area contributed by atoms with Crippen LogP contribution in [0, 0.1) is 0 Å². The summed E-state index contributed by atoms with van der Waals surface area (Å²) in [5, 5.41) is 4.29. The summed E-state index contributed by atoms with van der Waals surface area (Å²) in [6, 6.07) is 10.0. The van der Waals surface area contributed by atoms with E-state index in [0.717, 1.165) is 36.2 Å². The van der Waals surface area contributed by atoms with Crippen LogP contribution < -0.4 is 5.32 Å². The number of hydrogen-bond donors (Lipinski definition) is 1. The highest BCUT2D eigenvalue weighted by Gasteiger charge is 2.30. The van der Waals surface area contributed by atoms with Crippen LogP contribution in [0.25, 0.3) is 11.4 Å². The van der Waals surface area contributed by atoms with E-state index >= 15 is 0 Å². The quantitative estimate of drug-likeness (QED) is 0.923. The lowest BCUT2D eigenvalue weighted by Crippen LogP contribution is -2.34.